The zero-order valence-corrected chi connectivity index (χ0v) is 17.1. The van der Waals surface area contributed by atoms with Gasteiger partial charge in [0.1, 0.15) is 0 Å². The fourth-order valence-electron chi connectivity index (χ4n) is 3.25. The summed E-state index contributed by atoms with van der Waals surface area (Å²) in [6.45, 7) is 2.53. The van der Waals surface area contributed by atoms with Crippen LogP contribution in [-0.2, 0) is 6.42 Å². The Morgan fingerprint density at radius 1 is 1.25 bits per heavy atom. The first kappa shape index (κ1) is 22.0. The van der Waals surface area contributed by atoms with E-state index in [1.165, 1.54) is 0 Å². The van der Waals surface area contributed by atoms with E-state index in [-0.39, 0.29) is 18.3 Å². The van der Waals surface area contributed by atoms with Gasteiger partial charge in [-0.1, -0.05) is 11.3 Å². The summed E-state index contributed by atoms with van der Waals surface area (Å²) in [5, 5.41) is 14.4. The van der Waals surface area contributed by atoms with Gasteiger partial charge >= 0.3 is 0 Å². The molecule has 1 aromatic carbocycles. The normalized spacial score (nSPS) is 14.2. The van der Waals surface area contributed by atoms with Crippen molar-refractivity contribution in [3.63, 3.8) is 0 Å². The monoisotopic (exact) mass is 409 g/mol. The Balaban J connectivity index is 0.00000280. The summed E-state index contributed by atoms with van der Waals surface area (Å²) in [5.74, 6) is 1.25. The molecule has 1 fully saturated rings. The van der Waals surface area contributed by atoms with Gasteiger partial charge < -0.3 is 20.1 Å². The summed E-state index contributed by atoms with van der Waals surface area (Å²) in [6.07, 6.45) is 5.43. The SMILES string of the molecule is COc1ccc(CCCNC(=O)c2cn(C3CCNCC3)nn2)cc1OC.Cl. The number of hydrogen-bond acceptors (Lipinski definition) is 6. The molecule has 0 spiro atoms. The highest BCUT2D eigenvalue weighted by molar-refractivity contribution is 5.91. The summed E-state index contributed by atoms with van der Waals surface area (Å²) >= 11 is 0. The van der Waals surface area contributed by atoms with Crippen LogP contribution in [0.4, 0.5) is 0 Å². The van der Waals surface area contributed by atoms with Gasteiger partial charge in [-0.25, -0.2) is 4.68 Å². The molecule has 8 nitrogen and oxygen atoms in total. The van der Waals surface area contributed by atoms with Gasteiger partial charge in [0, 0.05) is 6.54 Å². The van der Waals surface area contributed by atoms with E-state index in [9.17, 15) is 4.79 Å². The maximum atomic E-state index is 12.3. The molecule has 1 aliphatic rings. The molecule has 0 aliphatic carbocycles. The molecule has 0 atom stereocenters. The van der Waals surface area contributed by atoms with Gasteiger partial charge in [0.05, 0.1) is 26.5 Å². The van der Waals surface area contributed by atoms with Crippen LogP contribution in [0.3, 0.4) is 0 Å². The van der Waals surface area contributed by atoms with Gasteiger partial charge in [0.15, 0.2) is 17.2 Å². The highest BCUT2D eigenvalue weighted by Gasteiger charge is 2.18. The molecule has 0 saturated carbocycles. The summed E-state index contributed by atoms with van der Waals surface area (Å²) in [4.78, 5) is 12.3. The average Bonchev–Trinajstić information content (AvgIpc) is 3.22. The summed E-state index contributed by atoms with van der Waals surface area (Å²) < 4.78 is 12.4. The number of carbonyl (C=O) groups is 1. The number of rotatable bonds is 8. The minimum atomic E-state index is -0.178. The molecule has 2 aromatic rings. The predicted molar refractivity (Wildman–Crippen MR) is 109 cm³/mol. The second-order valence-electron chi connectivity index (χ2n) is 6.61. The standard InChI is InChI=1S/C19H27N5O3.ClH/c1-26-17-6-5-14(12-18(17)27-2)4-3-9-21-19(25)16-13-24(23-22-16)15-7-10-20-11-8-15;/h5-6,12-13,15,20H,3-4,7-11H2,1-2H3,(H,21,25);1H. The topological polar surface area (TPSA) is 90.3 Å². The number of methoxy groups -OCH3 is 2. The van der Waals surface area contributed by atoms with Crippen molar-refractivity contribution in [1.29, 1.82) is 0 Å². The Kier molecular flexibility index (Phi) is 8.53. The maximum Gasteiger partial charge on any atom is 0.273 e. The van der Waals surface area contributed by atoms with E-state index >= 15 is 0 Å². The molecule has 0 unspecified atom stereocenters. The molecule has 28 heavy (non-hydrogen) atoms. The maximum absolute atomic E-state index is 12.3. The van der Waals surface area contributed by atoms with Crippen LogP contribution >= 0.6 is 12.4 Å². The lowest BCUT2D eigenvalue weighted by Gasteiger charge is -2.22. The van der Waals surface area contributed by atoms with Crippen LogP contribution in [0, 0.1) is 0 Å². The molecule has 0 bridgehead atoms. The molecule has 1 aromatic heterocycles. The van der Waals surface area contributed by atoms with E-state index in [0.717, 1.165) is 44.3 Å². The third kappa shape index (κ3) is 5.59. The molecular weight excluding hydrogens is 382 g/mol. The van der Waals surface area contributed by atoms with E-state index in [2.05, 4.69) is 20.9 Å². The Hall–Kier alpha value is -2.32. The number of halogens is 1. The number of ether oxygens (including phenoxy) is 2. The highest BCUT2D eigenvalue weighted by atomic mass is 35.5. The number of nitrogens with zero attached hydrogens (tertiary/aromatic N) is 3. The highest BCUT2D eigenvalue weighted by Crippen LogP contribution is 2.27. The molecule has 0 radical (unpaired) electrons. The van der Waals surface area contributed by atoms with Crippen LogP contribution in [0.25, 0.3) is 0 Å². The third-order valence-electron chi connectivity index (χ3n) is 4.80. The fourth-order valence-corrected chi connectivity index (χ4v) is 3.25. The summed E-state index contributed by atoms with van der Waals surface area (Å²) in [6, 6.07) is 6.19. The predicted octanol–water partition coefficient (Wildman–Crippen LogP) is 2.00. The van der Waals surface area contributed by atoms with Crippen LogP contribution in [-0.4, -0.2) is 54.8 Å². The molecule has 3 rings (SSSR count). The Bertz CT molecular complexity index is 762. The molecule has 154 valence electrons. The number of hydrogen-bond donors (Lipinski definition) is 2. The van der Waals surface area contributed by atoms with Crippen LogP contribution in [0.5, 0.6) is 11.5 Å². The molecule has 1 aliphatic heterocycles. The second-order valence-corrected chi connectivity index (χ2v) is 6.61. The van der Waals surface area contributed by atoms with Crippen LogP contribution < -0.4 is 20.1 Å². The van der Waals surface area contributed by atoms with Crippen molar-refractivity contribution in [3.8, 4) is 11.5 Å². The first-order valence-corrected chi connectivity index (χ1v) is 9.33. The van der Waals surface area contributed by atoms with Gasteiger partial charge in [-0.15, -0.1) is 17.5 Å². The summed E-state index contributed by atoms with van der Waals surface area (Å²) in [7, 11) is 3.24. The minimum absolute atomic E-state index is 0. The van der Waals surface area contributed by atoms with Gasteiger partial charge in [0.2, 0.25) is 0 Å². The third-order valence-corrected chi connectivity index (χ3v) is 4.80. The van der Waals surface area contributed by atoms with Crippen LogP contribution in [0.15, 0.2) is 24.4 Å². The first-order valence-electron chi connectivity index (χ1n) is 9.33. The van der Waals surface area contributed by atoms with E-state index < -0.39 is 0 Å². The van der Waals surface area contributed by atoms with Crippen molar-refractivity contribution in [1.82, 2.24) is 25.6 Å². The van der Waals surface area contributed by atoms with Crippen molar-refractivity contribution in [2.24, 2.45) is 0 Å². The zero-order chi connectivity index (χ0) is 19.1. The van der Waals surface area contributed by atoms with Crippen molar-refractivity contribution < 1.29 is 14.3 Å². The Labute approximate surface area is 171 Å². The molecule has 2 N–H and O–H groups in total. The van der Waals surface area contributed by atoms with E-state index in [1.807, 2.05) is 22.9 Å². The molecule has 1 saturated heterocycles. The van der Waals surface area contributed by atoms with Crippen molar-refractivity contribution >= 4 is 18.3 Å². The fraction of sp³-hybridized carbons (Fsp3) is 0.526. The quantitative estimate of drug-likeness (QED) is 0.648. The number of aromatic nitrogens is 3. The van der Waals surface area contributed by atoms with Crippen molar-refractivity contribution in [3.05, 3.63) is 35.7 Å². The van der Waals surface area contributed by atoms with Crippen molar-refractivity contribution in [2.45, 2.75) is 31.7 Å². The second kappa shape index (κ2) is 10.9. The number of nitrogens with one attached hydrogen (secondary N) is 2. The van der Waals surface area contributed by atoms with Crippen LogP contribution in [0.2, 0.25) is 0 Å². The van der Waals surface area contributed by atoms with E-state index in [1.54, 1.807) is 20.4 Å². The lowest BCUT2D eigenvalue weighted by Crippen LogP contribution is -2.29. The number of piperidine rings is 1. The molecule has 1 amide bonds. The number of aryl methyl sites for hydroxylation is 1. The first-order chi connectivity index (χ1) is 13.2. The minimum Gasteiger partial charge on any atom is -0.493 e. The van der Waals surface area contributed by atoms with Crippen LogP contribution in [0.1, 0.15) is 41.4 Å². The number of amides is 1. The van der Waals surface area contributed by atoms with E-state index in [4.69, 9.17) is 9.47 Å². The van der Waals surface area contributed by atoms with Gasteiger partial charge in [-0.2, -0.15) is 0 Å². The Morgan fingerprint density at radius 2 is 2.00 bits per heavy atom. The van der Waals surface area contributed by atoms with Gasteiger partial charge in [-0.05, 0) is 56.5 Å². The van der Waals surface area contributed by atoms with Crippen molar-refractivity contribution in [2.75, 3.05) is 33.9 Å². The smallest absolute Gasteiger partial charge is 0.273 e. The number of benzene rings is 1. The molecule has 9 heteroatoms. The summed E-state index contributed by atoms with van der Waals surface area (Å²) in [5.41, 5.74) is 1.51. The number of carbonyl (C=O) groups excluding carboxylic acids is 1. The van der Waals surface area contributed by atoms with E-state index in [0.29, 0.717) is 29.8 Å². The Morgan fingerprint density at radius 3 is 2.71 bits per heavy atom. The molecular formula is C19H28ClN5O3. The van der Waals surface area contributed by atoms with Gasteiger partial charge in [0.25, 0.3) is 5.91 Å². The largest absolute Gasteiger partial charge is 0.493 e. The zero-order valence-electron chi connectivity index (χ0n) is 16.3. The average molecular weight is 410 g/mol. The molecule has 2 heterocycles. The van der Waals surface area contributed by atoms with Gasteiger partial charge in [-0.3, -0.25) is 4.79 Å². The lowest BCUT2D eigenvalue weighted by molar-refractivity contribution is 0.0948. The lowest BCUT2D eigenvalue weighted by atomic mass is 10.1.